The van der Waals surface area contributed by atoms with E-state index in [0.29, 0.717) is 6.54 Å². The number of aromatic nitrogens is 1. The Hall–Kier alpha value is -0.940. The first-order valence-corrected chi connectivity index (χ1v) is 6.50. The number of hydrogen-bond acceptors (Lipinski definition) is 4. The lowest BCUT2D eigenvalue weighted by Crippen LogP contribution is -2.46. The third kappa shape index (κ3) is 3.02. The topological polar surface area (TPSA) is 54.0 Å². The molecular weight excluding hydrogens is 222 g/mol. The second-order valence-corrected chi connectivity index (χ2v) is 5.40. The Labute approximate surface area is 99.5 Å². The van der Waals surface area contributed by atoms with Gasteiger partial charge in [0.25, 0.3) is 0 Å². The first kappa shape index (κ1) is 11.5. The molecule has 1 saturated heterocycles. The average Bonchev–Trinajstić information content (AvgIpc) is 2.73. The van der Waals surface area contributed by atoms with Crippen LogP contribution in [0.4, 0.5) is 0 Å². The number of aryl methyl sites for hydroxylation is 1. The van der Waals surface area contributed by atoms with Gasteiger partial charge in [0.05, 0.1) is 12.6 Å². The third-order valence-corrected chi connectivity index (χ3v) is 3.62. The zero-order valence-electron chi connectivity index (χ0n) is 9.45. The molecule has 1 aromatic rings. The van der Waals surface area contributed by atoms with Gasteiger partial charge in [-0.3, -0.25) is 4.79 Å². The quantitative estimate of drug-likeness (QED) is 0.833. The molecule has 0 saturated carbocycles. The molecule has 0 aliphatic carbocycles. The van der Waals surface area contributed by atoms with Crippen molar-refractivity contribution in [2.24, 2.45) is 0 Å². The summed E-state index contributed by atoms with van der Waals surface area (Å²) < 4.78 is 0. The van der Waals surface area contributed by atoms with E-state index in [1.54, 1.807) is 11.3 Å². The van der Waals surface area contributed by atoms with Crippen LogP contribution in [0.5, 0.6) is 0 Å². The fourth-order valence-corrected chi connectivity index (χ4v) is 2.57. The minimum Gasteiger partial charge on any atom is -0.348 e. The fourth-order valence-electron chi connectivity index (χ4n) is 1.84. The van der Waals surface area contributed by atoms with Crippen molar-refractivity contribution in [2.45, 2.75) is 38.8 Å². The van der Waals surface area contributed by atoms with E-state index in [9.17, 15) is 4.79 Å². The summed E-state index contributed by atoms with van der Waals surface area (Å²) in [4.78, 5) is 17.2. The van der Waals surface area contributed by atoms with E-state index in [1.165, 1.54) is 11.3 Å². The van der Waals surface area contributed by atoms with Gasteiger partial charge >= 0.3 is 0 Å². The van der Waals surface area contributed by atoms with E-state index >= 15 is 0 Å². The van der Waals surface area contributed by atoms with Crippen LogP contribution in [0, 0.1) is 6.92 Å². The SMILES string of the molecule is Cc1cnc(CNC(=O)[C@H]2CCCCN2)s1. The lowest BCUT2D eigenvalue weighted by molar-refractivity contribution is -0.123. The highest BCUT2D eigenvalue weighted by Gasteiger charge is 2.19. The zero-order valence-corrected chi connectivity index (χ0v) is 10.3. The van der Waals surface area contributed by atoms with Gasteiger partial charge in [0, 0.05) is 11.1 Å². The second-order valence-electron chi connectivity index (χ2n) is 4.08. The number of hydrogen-bond donors (Lipinski definition) is 2. The van der Waals surface area contributed by atoms with Gasteiger partial charge in [0.15, 0.2) is 0 Å². The van der Waals surface area contributed by atoms with Crippen LogP contribution >= 0.6 is 11.3 Å². The Morgan fingerprint density at radius 2 is 2.56 bits per heavy atom. The van der Waals surface area contributed by atoms with Gasteiger partial charge in [0.2, 0.25) is 5.91 Å². The summed E-state index contributed by atoms with van der Waals surface area (Å²) in [7, 11) is 0. The van der Waals surface area contributed by atoms with Crippen molar-refractivity contribution in [2.75, 3.05) is 6.54 Å². The number of carbonyl (C=O) groups is 1. The van der Waals surface area contributed by atoms with Crippen LogP contribution in [-0.2, 0) is 11.3 Å². The van der Waals surface area contributed by atoms with Gasteiger partial charge in [-0.1, -0.05) is 6.42 Å². The molecule has 16 heavy (non-hydrogen) atoms. The number of nitrogens with one attached hydrogen (secondary N) is 2. The molecule has 5 heteroatoms. The molecule has 0 radical (unpaired) electrons. The maximum atomic E-state index is 11.8. The van der Waals surface area contributed by atoms with Crippen LogP contribution in [0.15, 0.2) is 6.20 Å². The van der Waals surface area contributed by atoms with Crippen LogP contribution in [0.3, 0.4) is 0 Å². The highest BCUT2D eigenvalue weighted by molar-refractivity contribution is 7.11. The van der Waals surface area contributed by atoms with E-state index < -0.39 is 0 Å². The van der Waals surface area contributed by atoms with Crippen molar-refractivity contribution in [1.82, 2.24) is 15.6 Å². The molecule has 2 N–H and O–H groups in total. The number of piperidine rings is 1. The normalized spacial score (nSPS) is 20.7. The molecule has 0 bridgehead atoms. The third-order valence-electron chi connectivity index (χ3n) is 2.71. The molecule has 0 spiro atoms. The molecule has 1 amide bonds. The standard InChI is InChI=1S/C11H17N3OS/c1-8-6-13-10(16-8)7-14-11(15)9-4-2-3-5-12-9/h6,9,12H,2-5,7H2,1H3,(H,14,15)/t9-/m1/s1. The van der Waals surface area contributed by atoms with Crippen molar-refractivity contribution < 1.29 is 4.79 Å². The molecule has 2 rings (SSSR count). The lowest BCUT2D eigenvalue weighted by atomic mass is 10.0. The molecular formula is C11H17N3OS. The molecule has 1 atom stereocenters. The summed E-state index contributed by atoms with van der Waals surface area (Å²) in [5, 5.41) is 7.13. The van der Waals surface area contributed by atoms with E-state index in [4.69, 9.17) is 0 Å². The van der Waals surface area contributed by atoms with Crippen LogP contribution in [-0.4, -0.2) is 23.5 Å². The van der Waals surface area contributed by atoms with E-state index in [2.05, 4.69) is 15.6 Å². The second kappa shape index (κ2) is 5.41. The Kier molecular flexibility index (Phi) is 3.90. The molecule has 1 aliphatic rings. The van der Waals surface area contributed by atoms with E-state index in [0.717, 1.165) is 24.4 Å². The average molecular weight is 239 g/mol. The summed E-state index contributed by atoms with van der Waals surface area (Å²) in [5.41, 5.74) is 0. The van der Waals surface area contributed by atoms with Crippen LogP contribution in [0.1, 0.15) is 29.1 Å². The van der Waals surface area contributed by atoms with Gasteiger partial charge in [-0.2, -0.15) is 0 Å². The fraction of sp³-hybridized carbons (Fsp3) is 0.636. The zero-order chi connectivity index (χ0) is 11.4. The maximum absolute atomic E-state index is 11.8. The summed E-state index contributed by atoms with van der Waals surface area (Å²) in [6.07, 6.45) is 5.10. The largest absolute Gasteiger partial charge is 0.348 e. The van der Waals surface area contributed by atoms with Gasteiger partial charge in [-0.05, 0) is 26.3 Å². The Bertz CT molecular complexity index is 358. The summed E-state index contributed by atoms with van der Waals surface area (Å²) in [5.74, 6) is 0.104. The first-order chi connectivity index (χ1) is 7.75. The van der Waals surface area contributed by atoms with Crippen molar-refractivity contribution in [3.05, 3.63) is 16.1 Å². The number of carbonyl (C=O) groups excluding carboxylic acids is 1. The minimum absolute atomic E-state index is 0.00481. The highest BCUT2D eigenvalue weighted by Crippen LogP contribution is 2.11. The summed E-state index contributed by atoms with van der Waals surface area (Å²) in [6.45, 7) is 3.52. The van der Waals surface area contributed by atoms with Gasteiger partial charge in [-0.15, -0.1) is 11.3 Å². The van der Waals surface area contributed by atoms with Crippen molar-refractivity contribution in [3.8, 4) is 0 Å². The smallest absolute Gasteiger partial charge is 0.237 e. The lowest BCUT2D eigenvalue weighted by Gasteiger charge is -2.22. The molecule has 0 aromatic carbocycles. The monoisotopic (exact) mass is 239 g/mol. The molecule has 4 nitrogen and oxygen atoms in total. The Balaban J connectivity index is 1.78. The Morgan fingerprint density at radius 3 is 3.19 bits per heavy atom. The van der Waals surface area contributed by atoms with Crippen molar-refractivity contribution in [3.63, 3.8) is 0 Å². The van der Waals surface area contributed by atoms with Gasteiger partial charge in [0.1, 0.15) is 5.01 Å². The van der Waals surface area contributed by atoms with Crippen molar-refractivity contribution >= 4 is 17.2 Å². The van der Waals surface area contributed by atoms with Crippen LogP contribution in [0.2, 0.25) is 0 Å². The van der Waals surface area contributed by atoms with E-state index in [-0.39, 0.29) is 11.9 Å². The molecule has 1 fully saturated rings. The van der Waals surface area contributed by atoms with Crippen LogP contribution in [0.25, 0.3) is 0 Å². The maximum Gasteiger partial charge on any atom is 0.237 e. The molecule has 1 aromatic heterocycles. The molecule has 1 aliphatic heterocycles. The molecule has 0 unspecified atom stereocenters. The number of nitrogens with zero attached hydrogens (tertiary/aromatic N) is 1. The predicted molar refractivity (Wildman–Crippen MR) is 64.3 cm³/mol. The predicted octanol–water partition coefficient (Wildman–Crippen LogP) is 1.21. The highest BCUT2D eigenvalue weighted by atomic mass is 32.1. The molecule has 88 valence electrons. The number of rotatable bonds is 3. The Morgan fingerprint density at radius 1 is 1.69 bits per heavy atom. The minimum atomic E-state index is -0.00481. The summed E-state index contributed by atoms with van der Waals surface area (Å²) in [6, 6.07) is -0.00481. The summed E-state index contributed by atoms with van der Waals surface area (Å²) >= 11 is 1.63. The van der Waals surface area contributed by atoms with Crippen LogP contribution < -0.4 is 10.6 Å². The van der Waals surface area contributed by atoms with Gasteiger partial charge in [-0.25, -0.2) is 4.98 Å². The number of thiazole rings is 1. The number of amides is 1. The van der Waals surface area contributed by atoms with Crippen molar-refractivity contribution in [1.29, 1.82) is 0 Å². The molecule has 2 heterocycles. The first-order valence-electron chi connectivity index (χ1n) is 5.68. The van der Waals surface area contributed by atoms with Gasteiger partial charge < -0.3 is 10.6 Å². The van der Waals surface area contributed by atoms with E-state index in [1.807, 2.05) is 13.1 Å².